The molecule has 1 saturated carbocycles. The van der Waals surface area contributed by atoms with Crippen molar-refractivity contribution in [3.05, 3.63) is 35.2 Å². The number of rotatable bonds is 6. The maximum absolute atomic E-state index is 5.74. The van der Waals surface area contributed by atoms with E-state index in [9.17, 15) is 0 Å². The van der Waals surface area contributed by atoms with Crippen LogP contribution < -0.4 is 14.8 Å². The van der Waals surface area contributed by atoms with Crippen LogP contribution in [-0.2, 0) is 12.8 Å². The Labute approximate surface area is 148 Å². The van der Waals surface area contributed by atoms with Gasteiger partial charge in [-0.25, -0.2) is 4.98 Å². The monoisotopic (exact) mass is 340 g/mol. The number of nitrogens with one attached hydrogen (secondary N) is 1. The number of anilines is 1. The molecule has 2 aromatic rings. The summed E-state index contributed by atoms with van der Waals surface area (Å²) in [4.78, 5) is 4.68. The molecule has 1 atom stereocenters. The van der Waals surface area contributed by atoms with Crippen LogP contribution in [0.3, 0.4) is 0 Å². The van der Waals surface area contributed by atoms with Gasteiger partial charge in [-0.3, -0.25) is 0 Å². The zero-order valence-electron chi connectivity index (χ0n) is 14.8. The van der Waals surface area contributed by atoms with Crippen LogP contribution in [0.2, 0.25) is 0 Å². The van der Waals surface area contributed by atoms with Crippen LogP contribution in [0.25, 0.3) is 0 Å². The summed E-state index contributed by atoms with van der Waals surface area (Å²) in [7, 11) is 0. The lowest BCUT2D eigenvalue weighted by Crippen LogP contribution is -2.19. The molecule has 25 heavy (non-hydrogen) atoms. The number of benzene rings is 1. The van der Waals surface area contributed by atoms with E-state index < -0.39 is 0 Å². The smallest absolute Gasteiger partial charge is 0.243 e. The van der Waals surface area contributed by atoms with Gasteiger partial charge in [0.05, 0.1) is 17.4 Å². The highest BCUT2D eigenvalue weighted by Crippen LogP contribution is 2.44. The van der Waals surface area contributed by atoms with Crippen molar-refractivity contribution in [3.8, 4) is 11.5 Å². The zero-order chi connectivity index (χ0) is 17.2. The summed E-state index contributed by atoms with van der Waals surface area (Å²) in [5.41, 5.74) is 3.19. The van der Waals surface area contributed by atoms with E-state index in [1.807, 2.05) is 6.07 Å². The molecule has 2 aliphatic rings. The van der Waals surface area contributed by atoms with Gasteiger partial charge in [-0.05, 0) is 49.3 Å². The highest BCUT2D eigenvalue weighted by Gasteiger charge is 2.33. The molecule has 6 nitrogen and oxygen atoms in total. The predicted octanol–water partition coefficient (Wildman–Crippen LogP) is 3.33. The van der Waals surface area contributed by atoms with E-state index in [4.69, 9.17) is 9.47 Å². The van der Waals surface area contributed by atoms with Gasteiger partial charge in [0.25, 0.3) is 0 Å². The SMILES string of the molecule is CCc1nnc(NC(c2ccc3c(c2)OCCO3)C2CC2)nc1CC. The summed E-state index contributed by atoms with van der Waals surface area (Å²) in [6, 6.07) is 6.37. The van der Waals surface area contributed by atoms with Crippen LogP contribution in [0.5, 0.6) is 11.5 Å². The van der Waals surface area contributed by atoms with Gasteiger partial charge in [-0.1, -0.05) is 19.9 Å². The highest BCUT2D eigenvalue weighted by molar-refractivity contribution is 5.46. The molecule has 2 heterocycles. The quantitative estimate of drug-likeness (QED) is 0.870. The molecule has 0 spiro atoms. The second kappa shape index (κ2) is 6.86. The lowest BCUT2D eigenvalue weighted by molar-refractivity contribution is 0.171. The first-order valence-corrected chi connectivity index (χ1v) is 9.17. The summed E-state index contributed by atoms with van der Waals surface area (Å²) < 4.78 is 11.4. The molecule has 1 aromatic carbocycles. The van der Waals surface area contributed by atoms with Crippen molar-refractivity contribution in [1.82, 2.24) is 15.2 Å². The third-order valence-electron chi connectivity index (χ3n) is 4.81. The summed E-state index contributed by atoms with van der Waals surface area (Å²) in [6.07, 6.45) is 4.16. The Morgan fingerprint density at radius 2 is 1.80 bits per heavy atom. The zero-order valence-corrected chi connectivity index (χ0v) is 14.8. The fraction of sp³-hybridized carbons (Fsp3) is 0.526. The molecule has 1 aliphatic carbocycles. The molecule has 0 bridgehead atoms. The van der Waals surface area contributed by atoms with E-state index >= 15 is 0 Å². The first-order chi connectivity index (χ1) is 12.3. The number of hydrogen-bond acceptors (Lipinski definition) is 6. The summed E-state index contributed by atoms with van der Waals surface area (Å²) in [6.45, 7) is 5.40. The third kappa shape index (κ3) is 3.38. The van der Waals surface area contributed by atoms with Crippen LogP contribution >= 0.6 is 0 Å². The Balaban J connectivity index is 1.60. The maximum atomic E-state index is 5.74. The lowest BCUT2D eigenvalue weighted by Gasteiger charge is -2.23. The highest BCUT2D eigenvalue weighted by atomic mass is 16.6. The number of aryl methyl sites for hydroxylation is 2. The van der Waals surface area contributed by atoms with Gasteiger partial charge < -0.3 is 14.8 Å². The van der Waals surface area contributed by atoms with Crippen molar-refractivity contribution >= 4 is 5.95 Å². The van der Waals surface area contributed by atoms with Crippen molar-refractivity contribution in [3.63, 3.8) is 0 Å². The van der Waals surface area contributed by atoms with E-state index in [0.29, 0.717) is 25.1 Å². The van der Waals surface area contributed by atoms with Gasteiger partial charge in [0.1, 0.15) is 13.2 Å². The van der Waals surface area contributed by atoms with Crippen molar-refractivity contribution in [2.45, 2.75) is 45.6 Å². The summed E-state index contributed by atoms with van der Waals surface area (Å²) >= 11 is 0. The lowest BCUT2D eigenvalue weighted by atomic mass is 10.0. The average molecular weight is 340 g/mol. The Bertz CT molecular complexity index is 761. The molecule has 0 saturated heterocycles. The number of nitrogens with zero attached hydrogens (tertiary/aromatic N) is 3. The average Bonchev–Trinajstić information content (AvgIpc) is 3.50. The fourth-order valence-corrected chi connectivity index (χ4v) is 3.29. The minimum atomic E-state index is 0.176. The van der Waals surface area contributed by atoms with E-state index in [1.165, 1.54) is 18.4 Å². The molecule has 6 heteroatoms. The van der Waals surface area contributed by atoms with E-state index in [-0.39, 0.29) is 6.04 Å². The molecular weight excluding hydrogens is 316 g/mol. The Morgan fingerprint density at radius 3 is 2.52 bits per heavy atom. The maximum Gasteiger partial charge on any atom is 0.243 e. The first kappa shape index (κ1) is 16.1. The molecule has 1 unspecified atom stereocenters. The van der Waals surface area contributed by atoms with Crippen LogP contribution in [-0.4, -0.2) is 28.4 Å². The normalized spacial score (nSPS) is 17.2. The van der Waals surface area contributed by atoms with Gasteiger partial charge in [-0.15, -0.1) is 5.10 Å². The molecule has 132 valence electrons. The minimum absolute atomic E-state index is 0.176. The van der Waals surface area contributed by atoms with Crippen molar-refractivity contribution < 1.29 is 9.47 Å². The second-order valence-electron chi connectivity index (χ2n) is 6.60. The van der Waals surface area contributed by atoms with E-state index in [2.05, 4.69) is 46.5 Å². The largest absolute Gasteiger partial charge is 0.486 e. The summed E-state index contributed by atoms with van der Waals surface area (Å²) in [5.74, 6) is 2.86. The van der Waals surface area contributed by atoms with Crippen molar-refractivity contribution in [1.29, 1.82) is 0 Å². The third-order valence-corrected chi connectivity index (χ3v) is 4.81. The Kier molecular flexibility index (Phi) is 4.42. The van der Waals surface area contributed by atoms with Gasteiger partial charge >= 0.3 is 0 Å². The molecule has 0 amide bonds. The molecule has 1 fully saturated rings. The molecule has 4 rings (SSSR count). The van der Waals surface area contributed by atoms with Crippen LogP contribution in [0.15, 0.2) is 18.2 Å². The van der Waals surface area contributed by atoms with Crippen LogP contribution in [0.4, 0.5) is 5.95 Å². The fourth-order valence-electron chi connectivity index (χ4n) is 3.29. The van der Waals surface area contributed by atoms with Crippen molar-refractivity contribution in [2.24, 2.45) is 5.92 Å². The van der Waals surface area contributed by atoms with E-state index in [1.54, 1.807) is 0 Å². The van der Waals surface area contributed by atoms with Crippen LogP contribution in [0.1, 0.15) is 49.7 Å². The topological polar surface area (TPSA) is 69.2 Å². The summed E-state index contributed by atoms with van der Waals surface area (Å²) in [5, 5.41) is 12.1. The minimum Gasteiger partial charge on any atom is -0.486 e. The first-order valence-electron chi connectivity index (χ1n) is 9.17. The Morgan fingerprint density at radius 1 is 1.04 bits per heavy atom. The number of hydrogen-bond donors (Lipinski definition) is 1. The number of fused-ring (bicyclic) bond motifs is 1. The van der Waals surface area contributed by atoms with Crippen molar-refractivity contribution in [2.75, 3.05) is 18.5 Å². The number of ether oxygens (including phenoxy) is 2. The molecule has 1 aliphatic heterocycles. The van der Waals surface area contributed by atoms with Gasteiger partial charge in [0, 0.05) is 0 Å². The van der Waals surface area contributed by atoms with Gasteiger partial charge in [0.15, 0.2) is 11.5 Å². The van der Waals surface area contributed by atoms with Gasteiger partial charge in [-0.2, -0.15) is 5.10 Å². The standard InChI is InChI=1S/C19H24N4O2/c1-3-14-15(4-2)22-23-19(20-14)21-18(12-5-6-12)13-7-8-16-17(11-13)25-10-9-24-16/h7-8,11-12,18H,3-6,9-10H2,1-2H3,(H,20,21,23). The molecule has 0 radical (unpaired) electrons. The Hall–Kier alpha value is -2.37. The molecule has 1 N–H and O–H groups in total. The molecule has 1 aromatic heterocycles. The predicted molar refractivity (Wildman–Crippen MR) is 95.1 cm³/mol. The second-order valence-corrected chi connectivity index (χ2v) is 6.60. The van der Waals surface area contributed by atoms with E-state index in [0.717, 1.165) is 35.7 Å². The van der Waals surface area contributed by atoms with Gasteiger partial charge in [0.2, 0.25) is 5.95 Å². The number of aromatic nitrogens is 3. The molecular formula is C19H24N4O2. The van der Waals surface area contributed by atoms with Crippen LogP contribution in [0, 0.1) is 5.92 Å².